The highest BCUT2D eigenvalue weighted by molar-refractivity contribution is 5.94. The topological polar surface area (TPSA) is 32.7 Å². The van der Waals surface area contributed by atoms with E-state index in [1.807, 2.05) is 13.1 Å². The average Bonchev–Trinajstić information content (AvgIpc) is 2.32. The van der Waals surface area contributed by atoms with Crippen molar-refractivity contribution in [2.24, 2.45) is 10.9 Å². The van der Waals surface area contributed by atoms with Gasteiger partial charge in [-0.05, 0) is 32.4 Å². The maximum absolute atomic E-state index is 11.8. The lowest BCUT2D eigenvalue weighted by Gasteiger charge is -2.12. The van der Waals surface area contributed by atoms with Crippen LogP contribution in [0.2, 0.25) is 0 Å². The summed E-state index contributed by atoms with van der Waals surface area (Å²) in [4.78, 5) is 17.5. The van der Waals surface area contributed by atoms with E-state index in [4.69, 9.17) is 0 Å². The summed E-state index contributed by atoms with van der Waals surface area (Å²) in [5.74, 6) is 0.379. The van der Waals surface area contributed by atoms with E-state index in [9.17, 15) is 4.79 Å². The molecule has 90 valence electrons. The summed E-state index contributed by atoms with van der Waals surface area (Å²) >= 11 is 0. The molecule has 1 atom stereocenters. The standard InChI is InChI=1S/C13H22N2O/c1-7-10(3)9-14-12(5)11(4)13(16)15(6)8-2/h8-10H,2,7H2,1,3-6H3/b12-11+,14-9-. The predicted molar refractivity (Wildman–Crippen MR) is 69.3 cm³/mol. The molecule has 1 amide bonds. The molecule has 0 N–H and O–H groups in total. The van der Waals surface area contributed by atoms with Crippen LogP contribution in [0, 0.1) is 5.92 Å². The summed E-state index contributed by atoms with van der Waals surface area (Å²) in [6.45, 7) is 11.4. The molecule has 3 nitrogen and oxygen atoms in total. The molecule has 0 rings (SSSR count). The Morgan fingerprint density at radius 3 is 2.50 bits per heavy atom. The monoisotopic (exact) mass is 222 g/mol. The molecule has 0 aliphatic heterocycles. The number of aliphatic imine (C=N–C) groups is 1. The first kappa shape index (κ1) is 14.6. The SMILES string of the molecule is C=CN(C)C(=O)/C(C)=C(C)/N=C\C(C)CC. The minimum Gasteiger partial charge on any atom is -0.319 e. The van der Waals surface area contributed by atoms with Crippen molar-refractivity contribution in [2.45, 2.75) is 34.1 Å². The van der Waals surface area contributed by atoms with Crippen molar-refractivity contribution in [1.82, 2.24) is 4.90 Å². The number of amides is 1. The highest BCUT2D eigenvalue weighted by Gasteiger charge is 2.10. The van der Waals surface area contributed by atoms with Crippen LogP contribution < -0.4 is 0 Å². The molecular formula is C13H22N2O. The van der Waals surface area contributed by atoms with Crippen LogP contribution in [-0.2, 0) is 4.79 Å². The van der Waals surface area contributed by atoms with E-state index in [2.05, 4.69) is 25.4 Å². The molecule has 0 aromatic carbocycles. The number of hydrogen-bond acceptors (Lipinski definition) is 2. The quantitative estimate of drug-likeness (QED) is 0.520. The maximum atomic E-state index is 11.8. The van der Waals surface area contributed by atoms with Crippen LogP contribution in [0.1, 0.15) is 34.1 Å². The summed E-state index contributed by atoms with van der Waals surface area (Å²) in [5, 5.41) is 0. The van der Waals surface area contributed by atoms with Gasteiger partial charge in [0.15, 0.2) is 0 Å². The van der Waals surface area contributed by atoms with E-state index < -0.39 is 0 Å². The smallest absolute Gasteiger partial charge is 0.254 e. The van der Waals surface area contributed by atoms with Crippen molar-refractivity contribution >= 4 is 12.1 Å². The van der Waals surface area contributed by atoms with Crippen molar-refractivity contribution < 1.29 is 4.79 Å². The minimum absolute atomic E-state index is 0.0613. The molecule has 0 aromatic rings. The first-order chi connectivity index (χ1) is 7.43. The highest BCUT2D eigenvalue weighted by atomic mass is 16.2. The Hall–Kier alpha value is -1.38. The largest absolute Gasteiger partial charge is 0.319 e. The second-order valence-electron chi connectivity index (χ2n) is 3.97. The Morgan fingerprint density at radius 2 is 2.06 bits per heavy atom. The van der Waals surface area contributed by atoms with E-state index in [1.54, 1.807) is 14.0 Å². The normalized spacial score (nSPS) is 14.6. The second kappa shape index (κ2) is 6.99. The van der Waals surface area contributed by atoms with Crippen LogP contribution in [0.15, 0.2) is 29.0 Å². The molecule has 0 saturated heterocycles. The fraction of sp³-hybridized carbons (Fsp3) is 0.538. The summed E-state index contributed by atoms with van der Waals surface area (Å²) in [6, 6.07) is 0. The van der Waals surface area contributed by atoms with E-state index in [0.717, 1.165) is 12.1 Å². The summed E-state index contributed by atoms with van der Waals surface area (Å²) < 4.78 is 0. The third-order valence-electron chi connectivity index (χ3n) is 2.62. The lowest BCUT2D eigenvalue weighted by atomic mass is 10.1. The molecule has 0 aliphatic rings. The van der Waals surface area contributed by atoms with Crippen LogP contribution >= 0.6 is 0 Å². The molecule has 0 spiro atoms. The Kier molecular flexibility index (Phi) is 6.38. The van der Waals surface area contributed by atoms with Gasteiger partial charge in [0.1, 0.15) is 0 Å². The summed E-state index contributed by atoms with van der Waals surface area (Å²) in [5.41, 5.74) is 1.42. The van der Waals surface area contributed by atoms with Crippen LogP contribution in [0.4, 0.5) is 0 Å². The Labute approximate surface area is 98.6 Å². The van der Waals surface area contributed by atoms with Gasteiger partial charge in [-0.1, -0.05) is 20.4 Å². The van der Waals surface area contributed by atoms with Gasteiger partial charge in [0.05, 0.1) is 0 Å². The molecule has 3 heteroatoms. The number of nitrogens with zero attached hydrogens (tertiary/aromatic N) is 2. The zero-order chi connectivity index (χ0) is 12.7. The van der Waals surface area contributed by atoms with E-state index in [-0.39, 0.29) is 5.91 Å². The van der Waals surface area contributed by atoms with Crippen molar-refractivity contribution in [1.29, 1.82) is 0 Å². The van der Waals surface area contributed by atoms with E-state index >= 15 is 0 Å². The molecule has 0 aromatic heterocycles. The molecule has 0 heterocycles. The zero-order valence-corrected chi connectivity index (χ0v) is 10.9. The average molecular weight is 222 g/mol. The number of carbonyl (C=O) groups excluding carboxylic acids is 1. The first-order valence-electron chi connectivity index (χ1n) is 5.55. The van der Waals surface area contributed by atoms with Crippen molar-refractivity contribution in [3.8, 4) is 0 Å². The molecule has 0 radical (unpaired) electrons. The molecule has 0 bridgehead atoms. The molecule has 1 unspecified atom stereocenters. The number of carbonyl (C=O) groups is 1. The molecule has 0 aliphatic carbocycles. The number of allylic oxidation sites excluding steroid dienone is 1. The Bertz CT molecular complexity index is 316. The Balaban J connectivity index is 4.76. The van der Waals surface area contributed by atoms with Crippen LogP contribution in [0.25, 0.3) is 0 Å². The fourth-order valence-corrected chi connectivity index (χ4v) is 0.943. The van der Waals surface area contributed by atoms with Gasteiger partial charge in [-0.15, -0.1) is 0 Å². The van der Waals surface area contributed by atoms with Crippen LogP contribution in [0.5, 0.6) is 0 Å². The number of hydrogen-bond donors (Lipinski definition) is 0. The van der Waals surface area contributed by atoms with E-state index in [1.165, 1.54) is 11.1 Å². The third kappa shape index (κ3) is 4.43. The maximum Gasteiger partial charge on any atom is 0.254 e. The van der Waals surface area contributed by atoms with Gasteiger partial charge in [-0.3, -0.25) is 9.79 Å². The molecule has 0 fully saturated rings. The van der Waals surface area contributed by atoms with Crippen LogP contribution in [-0.4, -0.2) is 24.1 Å². The molecule has 0 saturated carbocycles. The minimum atomic E-state index is -0.0613. The van der Waals surface area contributed by atoms with Gasteiger partial charge >= 0.3 is 0 Å². The lowest BCUT2D eigenvalue weighted by Crippen LogP contribution is -2.21. The molecule has 16 heavy (non-hydrogen) atoms. The second-order valence-corrected chi connectivity index (χ2v) is 3.97. The van der Waals surface area contributed by atoms with Gasteiger partial charge in [0.2, 0.25) is 0 Å². The zero-order valence-electron chi connectivity index (χ0n) is 10.9. The van der Waals surface area contributed by atoms with Gasteiger partial charge in [-0.2, -0.15) is 0 Å². The fourth-order valence-electron chi connectivity index (χ4n) is 0.943. The summed E-state index contributed by atoms with van der Waals surface area (Å²) in [7, 11) is 1.69. The van der Waals surface area contributed by atoms with Crippen molar-refractivity contribution in [2.75, 3.05) is 7.05 Å². The van der Waals surface area contributed by atoms with Crippen molar-refractivity contribution in [3.05, 3.63) is 24.0 Å². The van der Waals surface area contributed by atoms with E-state index in [0.29, 0.717) is 11.5 Å². The van der Waals surface area contributed by atoms with Gasteiger partial charge < -0.3 is 4.90 Å². The lowest BCUT2D eigenvalue weighted by molar-refractivity contribution is -0.123. The summed E-state index contributed by atoms with van der Waals surface area (Å²) in [6.07, 6.45) is 4.44. The number of likely N-dealkylation sites (N-methyl/N-ethyl adjacent to an activating group) is 1. The van der Waals surface area contributed by atoms with Gasteiger partial charge in [-0.25, -0.2) is 0 Å². The first-order valence-corrected chi connectivity index (χ1v) is 5.55. The van der Waals surface area contributed by atoms with Gasteiger partial charge in [0.25, 0.3) is 5.91 Å². The highest BCUT2D eigenvalue weighted by Crippen LogP contribution is 2.09. The predicted octanol–water partition coefficient (Wildman–Crippen LogP) is 3.00. The van der Waals surface area contributed by atoms with Gasteiger partial charge in [0, 0.05) is 24.5 Å². The van der Waals surface area contributed by atoms with Crippen LogP contribution in [0.3, 0.4) is 0 Å². The Morgan fingerprint density at radius 1 is 1.50 bits per heavy atom. The third-order valence-corrected chi connectivity index (χ3v) is 2.62. The number of rotatable bonds is 5. The van der Waals surface area contributed by atoms with Crippen molar-refractivity contribution in [3.63, 3.8) is 0 Å². The molecular weight excluding hydrogens is 200 g/mol.